The van der Waals surface area contributed by atoms with E-state index in [0.717, 1.165) is 22.4 Å². The van der Waals surface area contributed by atoms with Crippen molar-refractivity contribution in [1.29, 1.82) is 0 Å². The SMILES string of the molecule is COC(=O)c1ccc2nc(NC(=O)CCCSc3ccccc3)sc2c1. The number of fused-ring (bicyclic) bond motifs is 1. The van der Waals surface area contributed by atoms with Gasteiger partial charge in [0.15, 0.2) is 5.13 Å². The smallest absolute Gasteiger partial charge is 0.337 e. The molecule has 1 heterocycles. The maximum Gasteiger partial charge on any atom is 0.337 e. The molecule has 0 saturated heterocycles. The molecular weight excluding hydrogens is 368 g/mol. The fraction of sp³-hybridized carbons (Fsp3) is 0.211. The number of nitrogens with zero attached hydrogens (tertiary/aromatic N) is 1. The minimum Gasteiger partial charge on any atom is -0.465 e. The number of ether oxygens (including phenoxy) is 1. The summed E-state index contributed by atoms with van der Waals surface area (Å²) in [6.07, 6.45) is 1.24. The van der Waals surface area contributed by atoms with Crippen LogP contribution in [0.3, 0.4) is 0 Å². The van der Waals surface area contributed by atoms with Crippen molar-refractivity contribution in [3.8, 4) is 0 Å². The number of rotatable bonds is 7. The number of thiazole rings is 1. The van der Waals surface area contributed by atoms with Crippen LogP contribution in [-0.2, 0) is 9.53 Å². The van der Waals surface area contributed by atoms with Crippen LogP contribution < -0.4 is 5.32 Å². The molecule has 0 aliphatic rings. The fourth-order valence-electron chi connectivity index (χ4n) is 2.34. The minimum atomic E-state index is -0.387. The number of hydrogen-bond donors (Lipinski definition) is 1. The van der Waals surface area contributed by atoms with E-state index in [9.17, 15) is 9.59 Å². The zero-order valence-electron chi connectivity index (χ0n) is 14.2. The van der Waals surface area contributed by atoms with E-state index in [1.807, 2.05) is 18.2 Å². The standard InChI is InChI=1S/C19H18N2O3S2/c1-24-18(23)13-9-10-15-16(12-13)26-19(20-15)21-17(22)8-5-11-25-14-6-3-2-4-7-14/h2-4,6-7,9-10,12H,5,8,11H2,1H3,(H,20,21,22). The molecule has 0 saturated carbocycles. The number of hydrogen-bond acceptors (Lipinski definition) is 6. The third-order valence-corrected chi connectivity index (χ3v) is 5.65. The Morgan fingerprint density at radius 2 is 2.00 bits per heavy atom. The molecule has 1 aromatic heterocycles. The molecule has 0 radical (unpaired) electrons. The summed E-state index contributed by atoms with van der Waals surface area (Å²) >= 11 is 3.09. The predicted octanol–water partition coefficient (Wildman–Crippen LogP) is 4.59. The highest BCUT2D eigenvalue weighted by Gasteiger charge is 2.11. The molecular formula is C19H18N2O3S2. The average molecular weight is 386 g/mol. The molecule has 0 fully saturated rings. The first kappa shape index (κ1) is 18.4. The van der Waals surface area contributed by atoms with E-state index in [4.69, 9.17) is 4.74 Å². The molecule has 0 bridgehead atoms. The average Bonchev–Trinajstić information content (AvgIpc) is 3.06. The molecule has 134 valence electrons. The third kappa shape index (κ3) is 4.83. The summed E-state index contributed by atoms with van der Waals surface area (Å²) in [6.45, 7) is 0. The van der Waals surface area contributed by atoms with E-state index in [2.05, 4.69) is 22.4 Å². The first-order valence-electron chi connectivity index (χ1n) is 8.12. The minimum absolute atomic E-state index is 0.0501. The van der Waals surface area contributed by atoms with Gasteiger partial charge < -0.3 is 10.1 Å². The molecule has 5 nitrogen and oxygen atoms in total. The van der Waals surface area contributed by atoms with Crippen LogP contribution in [0.1, 0.15) is 23.2 Å². The van der Waals surface area contributed by atoms with Gasteiger partial charge in [0.2, 0.25) is 5.91 Å². The Labute approximate surface area is 159 Å². The molecule has 0 aliphatic carbocycles. The van der Waals surface area contributed by atoms with Crippen molar-refractivity contribution >= 4 is 50.3 Å². The van der Waals surface area contributed by atoms with E-state index < -0.39 is 0 Å². The molecule has 7 heteroatoms. The molecule has 3 aromatic rings. The lowest BCUT2D eigenvalue weighted by atomic mass is 10.2. The number of esters is 1. The van der Waals surface area contributed by atoms with Gasteiger partial charge in [-0.1, -0.05) is 29.5 Å². The molecule has 1 N–H and O–H groups in total. The quantitative estimate of drug-likeness (QED) is 0.365. The van der Waals surface area contributed by atoms with Crippen molar-refractivity contribution in [3.63, 3.8) is 0 Å². The first-order chi connectivity index (χ1) is 12.7. The van der Waals surface area contributed by atoms with Crippen LogP contribution in [0, 0.1) is 0 Å². The maximum absolute atomic E-state index is 12.1. The number of amides is 1. The maximum atomic E-state index is 12.1. The third-order valence-electron chi connectivity index (χ3n) is 3.62. The number of carbonyl (C=O) groups excluding carboxylic acids is 2. The Hall–Kier alpha value is -2.38. The second-order valence-electron chi connectivity index (χ2n) is 5.51. The van der Waals surface area contributed by atoms with Crippen molar-refractivity contribution in [2.45, 2.75) is 17.7 Å². The van der Waals surface area contributed by atoms with Gasteiger partial charge in [0.25, 0.3) is 0 Å². The molecule has 26 heavy (non-hydrogen) atoms. The summed E-state index contributed by atoms with van der Waals surface area (Å²) in [5.41, 5.74) is 1.22. The van der Waals surface area contributed by atoms with Crippen LogP contribution >= 0.6 is 23.1 Å². The van der Waals surface area contributed by atoms with Crippen LogP contribution in [0.25, 0.3) is 10.2 Å². The van der Waals surface area contributed by atoms with Crippen molar-refractivity contribution in [2.75, 3.05) is 18.2 Å². The van der Waals surface area contributed by atoms with Gasteiger partial charge in [0, 0.05) is 11.3 Å². The van der Waals surface area contributed by atoms with Gasteiger partial charge >= 0.3 is 5.97 Å². The monoisotopic (exact) mass is 386 g/mol. The van der Waals surface area contributed by atoms with Gasteiger partial charge in [-0.25, -0.2) is 9.78 Å². The second kappa shape index (κ2) is 8.82. The number of methoxy groups -OCH3 is 1. The second-order valence-corrected chi connectivity index (χ2v) is 7.71. The Morgan fingerprint density at radius 3 is 2.77 bits per heavy atom. The van der Waals surface area contributed by atoms with E-state index >= 15 is 0 Å². The summed E-state index contributed by atoms with van der Waals surface area (Å²) in [6, 6.07) is 15.3. The molecule has 0 spiro atoms. The summed E-state index contributed by atoms with van der Waals surface area (Å²) in [5, 5.41) is 3.38. The normalized spacial score (nSPS) is 10.7. The summed E-state index contributed by atoms with van der Waals surface area (Å²) in [5.74, 6) is 0.451. The van der Waals surface area contributed by atoms with Crippen LogP contribution in [0.5, 0.6) is 0 Å². The summed E-state index contributed by atoms with van der Waals surface area (Å²) in [7, 11) is 1.35. The number of carbonyl (C=O) groups is 2. The topological polar surface area (TPSA) is 68.3 Å². The Bertz CT molecular complexity index is 910. The number of thioether (sulfide) groups is 1. The van der Waals surface area contributed by atoms with Crippen molar-refractivity contribution in [3.05, 3.63) is 54.1 Å². The molecule has 2 aromatic carbocycles. The largest absolute Gasteiger partial charge is 0.465 e. The van der Waals surface area contributed by atoms with Gasteiger partial charge in [-0.3, -0.25) is 4.79 Å². The predicted molar refractivity (Wildman–Crippen MR) is 106 cm³/mol. The van der Waals surface area contributed by atoms with Crippen molar-refractivity contribution in [2.24, 2.45) is 0 Å². The highest BCUT2D eigenvalue weighted by Crippen LogP contribution is 2.27. The van der Waals surface area contributed by atoms with Gasteiger partial charge in [-0.15, -0.1) is 11.8 Å². The van der Waals surface area contributed by atoms with Gasteiger partial charge in [0.05, 0.1) is 22.9 Å². The lowest BCUT2D eigenvalue weighted by Gasteiger charge is -2.02. The van der Waals surface area contributed by atoms with E-state index in [-0.39, 0.29) is 11.9 Å². The number of nitrogens with one attached hydrogen (secondary N) is 1. The fourth-order valence-corrected chi connectivity index (χ4v) is 4.14. The highest BCUT2D eigenvalue weighted by atomic mass is 32.2. The van der Waals surface area contributed by atoms with Crippen LogP contribution in [-0.4, -0.2) is 29.7 Å². The van der Waals surface area contributed by atoms with Gasteiger partial charge in [-0.05, 0) is 42.5 Å². The number of benzene rings is 2. The molecule has 0 atom stereocenters. The Kier molecular flexibility index (Phi) is 6.25. The van der Waals surface area contributed by atoms with Gasteiger partial charge in [-0.2, -0.15) is 0 Å². The zero-order chi connectivity index (χ0) is 18.4. The number of aromatic nitrogens is 1. The molecule has 0 unspecified atom stereocenters. The van der Waals surface area contributed by atoms with Crippen LogP contribution in [0.15, 0.2) is 53.4 Å². The van der Waals surface area contributed by atoms with Crippen LogP contribution in [0.4, 0.5) is 5.13 Å². The highest BCUT2D eigenvalue weighted by molar-refractivity contribution is 7.99. The van der Waals surface area contributed by atoms with Crippen molar-refractivity contribution in [1.82, 2.24) is 4.98 Å². The summed E-state index contributed by atoms with van der Waals surface area (Å²) in [4.78, 5) is 29.3. The van der Waals surface area contributed by atoms with Crippen molar-refractivity contribution < 1.29 is 14.3 Å². The number of anilines is 1. The molecule has 3 rings (SSSR count). The Morgan fingerprint density at radius 1 is 1.19 bits per heavy atom. The molecule has 0 aliphatic heterocycles. The van der Waals surface area contributed by atoms with E-state index in [1.165, 1.54) is 23.3 Å². The van der Waals surface area contributed by atoms with E-state index in [0.29, 0.717) is 17.1 Å². The first-order valence-corrected chi connectivity index (χ1v) is 9.92. The lowest BCUT2D eigenvalue weighted by Crippen LogP contribution is -2.11. The molecule has 1 amide bonds. The van der Waals surface area contributed by atoms with E-state index in [1.54, 1.807) is 30.0 Å². The lowest BCUT2D eigenvalue weighted by molar-refractivity contribution is -0.116. The summed E-state index contributed by atoms with van der Waals surface area (Å²) < 4.78 is 5.55. The van der Waals surface area contributed by atoms with Gasteiger partial charge in [0.1, 0.15) is 0 Å². The Balaban J connectivity index is 1.51. The zero-order valence-corrected chi connectivity index (χ0v) is 15.9. The van der Waals surface area contributed by atoms with Crippen LogP contribution in [0.2, 0.25) is 0 Å².